The number of rotatable bonds is 8. The fraction of sp³-hybridized carbons (Fsp3) is 0.500. The van der Waals surface area contributed by atoms with Crippen molar-refractivity contribution in [2.75, 3.05) is 13.2 Å². The Morgan fingerprint density at radius 1 is 1.23 bits per heavy atom. The van der Waals surface area contributed by atoms with Gasteiger partial charge in [-0.3, -0.25) is 4.79 Å². The quantitative estimate of drug-likeness (QED) is 0.678. The number of hydrogen-bond acceptors (Lipinski definition) is 4. The lowest BCUT2D eigenvalue weighted by Gasteiger charge is -2.19. The molecule has 0 saturated carbocycles. The molecule has 3 N–H and O–H groups in total. The average Bonchev–Trinajstić information content (AvgIpc) is 2.51. The topological polar surface area (TPSA) is 87.7 Å². The fourth-order valence-electron chi connectivity index (χ4n) is 1.75. The number of carbonyl (C=O) groups is 2. The minimum Gasteiger partial charge on any atom is -0.445 e. The van der Waals surface area contributed by atoms with Gasteiger partial charge >= 0.3 is 6.09 Å². The number of alkyl carbamates (subject to hydrolysis) is 1. The first-order valence-electron chi connectivity index (χ1n) is 7.37. The maximum Gasteiger partial charge on any atom is 0.407 e. The zero-order valence-electron chi connectivity index (χ0n) is 13.0. The molecule has 0 aliphatic heterocycles. The predicted octanol–water partition coefficient (Wildman–Crippen LogP) is 1.44. The van der Waals surface area contributed by atoms with Gasteiger partial charge in [0.2, 0.25) is 5.91 Å². The van der Waals surface area contributed by atoms with Gasteiger partial charge in [-0.25, -0.2) is 4.79 Å². The maximum absolute atomic E-state index is 11.7. The standard InChI is InChI=1S/C16H24N2O4/c1-12(2)14(10-19)18-15(20)8-9-17-16(21)22-11-13-6-4-3-5-7-13/h3-7,12,14,19H,8-11H2,1-2H3,(H,17,21)(H,18,20). The minimum atomic E-state index is -0.556. The van der Waals surface area contributed by atoms with E-state index in [4.69, 9.17) is 9.84 Å². The van der Waals surface area contributed by atoms with Crippen LogP contribution in [-0.4, -0.2) is 36.3 Å². The third-order valence-electron chi connectivity index (χ3n) is 3.18. The van der Waals surface area contributed by atoms with Crippen molar-refractivity contribution in [3.8, 4) is 0 Å². The average molecular weight is 308 g/mol. The number of aliphatic hydroxyl groups is 1. The summed E-state index contributed by atoms with van der Waals surface area (Å²) in [4.78, 5) is 23.1. The zero-order chi connectivity index (χ0) is 16.4. The number of amides is 2. The smallest absolute Gasteiger partial charge is 0.407 e. The molecule has 6 heteroatoms. The molecule has 0 radical (unpaired) electrons. The Labute approximate surface area is 130 Å². The summed E-state index contributed by atoms with van der Waals surface area (Å²) in [5.74, 6) is -0.0612. The molecule has 22 heavy (non-hydrogen) atoms. The lowest BCUT2D eigenvalue weighted by atomic mass is 10.1. The summed E-state index contributed by atoms with van der Waals surface area (Å²) in [6.07, 6.45) is -0.414. The van der Waals surface area contributed by atoms with E-state index in [9.17, 15) is 9.59 Å². The van der Waals surface area contributed by atoms with Crippen LogP contribution in [0.3, 0.4) is 0 Å². The van der Waals surface area contributed by atoms with Crippen LogP contribution in [0.5, 0.6) is 0 Å². The number of carbonyl (C=O) groups excluding carboxylic acids is 2. The molecule has 0 bridgehead atoms. The third kappa shape index (κ3) is 7.08. The normalized spacial score (nSPS) is 11.8. The Hall–Kier alpha value is -2.08. The maximum atomic E-state index is 11.7. The zero-order valence-corrected chi connectivity index (χ0v) is 13.0. The second-order valence-electron chi connectivity index (χ2n) is 5.34. The second-order valence-corrected chi connectivity index (χ2v) is 5.34. The Morgan fingerprint density at radius 3 is 2.50 bits per heavy atom. The minimum absolute atomic E-state index is 0.101. The Morgan fingerprint density at radius 2 is 1.91 bits per heavy atom. The van der Waals surface area contributed by atoms with Gasteiger partial charge < -0.3 is 20.5 Å². The summed E-state index contributed by atoms with van der Waals surface area (Å²) in [7, 11) is 0. The number of ether oxygens (including phenoxy) is 1. The predicted molar refractivity (Wildman–Crippen MR) is 83.1 cm³/mol. The van der Waals surface area contributed by atoms with Gasteiger partial charge in [0.05, 0.1) is 12.6 Å². The molecule has 0 saturated heterocycles. The van der Waals surface area contributed by atoms with Crippen molar-refractivity contribution in [3.63, 3.8) is 0 Å². The molecule has 1 aromatic carbocycles. The summed E-state index contributed by atoms with van der Waals surface area (Å²) in [5.41, 5.74) is 0.901. The first kappa shape index (κ1) is 18.0. The van der Waals surface area contributed by atoms with E-state index in [1.165, 1.54) is 0 Å². The van der Waals surface area contributed by atoms with Crippen LogP contribution in [0.1, 0.15) is 25.8 Å². The van der Waals surface area contributed by atoms with Gasteiger partial charge in [-0.2, -0.15) is 0 Å². The van der Waals surface area contributed by atoms with Gasteiger partial charge in [0.15, 0.2) is 0 Å². The second kappa shape index (κ2) is 9.78. The van der Waals surface area contributed by atoms with Gasteiger partial charge in [0.25, 0.3) is 0 Å². The van der Waals surface area contributed by atoms with Crippen molar-refractivity contribution >= 4 is 12.0 Å². The van der Waals surface area contributed by atoms with Gasteiger partial charge in [0, 0.05) is 13.0 Å². The van der Waals surface area contributed by atoms with Crippen molar-refractivity contribution in [1.82, 2.24) is 10.6 Å². The van der Waals surface area contributed by atoms with Crippen LogP contribution in [0.4, 0.5) is 4.79 Å². The molecular weight excluding hydrogens is 284 g/mol. The van der Waals surface area contributed by atoms with E-state index in [0.717, 1.165) is 5.56 Å². The van der Waals surface area contributed by atoms with E-state index >= 15 is 0 Å². The van der Waals surface area contributed by atoms with E-state index in [0.29, 0.717) is 0 Å². The van der Waals surface area contributed by atoms with Crippen molar-refractivity contribution in [2.45, 2.75) is 32.9 Å². The van der Waals surface area contributed by atoms with E-state index in [2.05, 4.69) is 10.6 Å². The van der Waals surface area contributed by atoms with Crippen LogP contribution < -0.4 is 10.6 Å². The summed E-state index contributed by atoms with van der Waals surface area (Å²) >= 11 is 0. The van der Waals surface area contributed by atoms with Gasteiger partial charge in [0.1, 0.15) is 6.61 Å². The summed E-state index contributed by atoms with van der Waals surface area (Å²) in [5, 5.41) is 14.4. The van der Waals surface area contributed by atoms with Crippen molar-refractivity contribution < 1.29 is 19.4 Å². The SMILES string of the molecule is CC(C)C(CO)NC(=O)CCNC(=O)OCc1ccccc1. The van der Waals surface area contributed by atoms with Crippen LogP contribution in [0, 0.1) is 5.92 Å². The molecule has 1 rings (SSSR count). The Balaban J connectivity index is 2.18. The number of aliphatic hydroxyl groups excluding tert-OH is 1. The van der Waals surface area contributed by atoms with E-state index in [1.54, 1.807) is 0 Å². The highest BCUT2D eigenvalue weighted by molar-refractivity contribution is 5.77. The molecule has 6 nitrogen and oxygen atoms in total. The molecule has 0 aliphatic carbocycles. The monoisotopic (exact) mass is 308 g/mol. The molecular formula is C16H24N2O4. The molecule has 1 unspecified atom stereocenters. The molecule has 1 aromatic rings. The number of benzene rings is 1. The molecule has 0 heterocycles. The van der Waals surface area contributed by atoms with Crippen LogP contribution in [0.25, 0.3) is 0 Å². The van der Waals surface area contributed by atoms with Crippen LogP contribution in [0.2, 0.25) is 0 Å². The van der Waals surface area contributed by atoms with E-state index in [-0.39, 0.29) is 44.0 Å². The molecule has 122 valence electrons. The highest BCUT2D eigenvalue weighted by Gasteiger charge is 2.14. The fourth-order valence-corrected chi connectivity index (χ4v) is 1.75. The number of hydrogen-bond donors (Lipinski definition) is 3. The van der Waals surface area contributed by atoms with Crippen LogP contribution in [0.15, 0.2) is 30.3 Å². The van der Waals surface area contributed by atoms with Crippen LogP contribution in [-0.2, 0) is 16.1 Å². The van der Waals surface area contributed by atoms with Gasteiger partial charge in [-0.05, 0) is 11.5 Å². The first-order valence-corrected chi connectivity index (χ1v) is 7.37. The highest BCUT2D eigenvalue weighted by atomic mass is 16.5. The van der Waals surface area contributed by atoms with Crippen LogP contribution >= 0.6 is 0 Å². The molecule has 2 amide bonds. The third-order valence-corrected chi connectivity index (χ3v) is 3.18. The largest absolute Gasteiger partial charge is 0.445 e. The summed E-state index contributed by atoms with van der Waals surface area (Å²) < 4.78 is 5.03. The van der Waals surface area contributed by atoms with E-state index < -0.39 is 6.09 Å². The van der Waals surface area contributed by atoms with Crippen molar-refractivity contribution in [2.24, 2.45) is 5.92 Å². The molecule has 0 aliphatic rings. The van der Waals surface area contributed by atoms with Crippen molar-refractivity contribution in [1.29, 1.82) is 0 Å². The van der Waals surface area contributed by atoms with Gasteiger partial charge in [-0.15, -0.1) is 0 Å². The molecule has 0 fully saturated rings. The highest BCUT2D eigenvalue weighted by Crippen LogP contribution is 2.01. The molecule has 1 atom stereocenters. The van der Waals surface area contributed by atoms with Crippen molar-refractivity contribution in [3.05, 3.63) is 35.9 Å². The Kier molecular flexibility index (Phi) is 7.99. The Bertz CT molecular complexity index is 462. The summed E-state index contributed by atoms with van der Waals surface area (Å²) in [6, 6.07) is 9.08. The number of nitrogens with one attached hydrogen (secondary N) is 2. The lowest BCUT2D eigenvalue weighted by molar-refractivity contribution is -0.122. The first-order chi connectivity index (χ1) is 10.5. The molecule has 0 aromatic heterocycles. The lowest BCUT2D eigenvalue weighted by Crippen LogP contribution is -2.42. The molecule has 0 spiro atoms. The van der Waals surface area contributed by atoms with E-state index in [1.807, 2.05) is 44.2 Å². The summed E-state index contributed by atoms with van der Waals surface area (Å²) in [6.45, 7) is 4.12. The van der Waals surface area contributed by atoms with Gasteiger partial charge in [-0.1, -0.05) is 44.2 Å².